The molecule has 4 heteroatoms. The zero-order chi connectivity index (χ0) is 11.5. The van der Waals surface area contributed by atoms with Crippen LogP contribution in [0.5, 0.6) is 0 Å². The van der Waals surface area contributed by atoms with Gasteiger partial charge in [0, 0.05) is 23.5 Å². The Morgan fingerprint density at radius 3 is 3.00 bits per heavy atom. The number of rotatable bonds is 4. The van der Waals surface area contributed by atoms with Crippen molar-refractivity contribution in [3.05, 3.63) is 35.8 Å². The number of halogens is 1. The Morgan fingerprint density at radius 2 is 2.25 bits per heavy atom. The van der Waals surface area contributed by atoms with E-state index >= 15 is 0 Å². The van der Waals surface area contributed by atoms with Crippen LogP contribution in [0.4, 0.5) is 4.39 Å². The van der Waals surface area contributed by atoms with Crippen molar-refractivity contribution in [3.63, 3.8) is 0 Å². The van der Waals surface area contributed by atoms with Crippen LogP contribution in [0.1, 0.15) is 18.4 Å². The van der Waals surface area contributed by atoms with Crippen molar-refractivity contribution in [3.8, 4) is 0 Å². The topological polar surface area (TPSA) is 53.1 Å². The van der Waals surface area contributed by atoms with Gasteiger partial charge < -0.3 is 10.1 Å². The normalized spacial score (nSPS) is 10.8. The number of aliphatic carboxylic acids is 1. The van der Waals surface area contributed by atoms with Crippen molar-refractivity contribution in [2.24, 2.45) is 0 Å². The summed E-state index contributed by atoms with van der Waals surface area (Å²) in [6.45, 7) is 0. The predicted molar refractivity (Wildman–Crippen MR) is 58.8 cm³/mol. The molecule has 84 valence electrons. The molecule has 2 rings (SSSR count). The first-order valence-electron chi connectivity index (χ1n) is 5.14. The highest BCUT2D eigenvalue weighted by Gasteiger charge is 2.05. The van der Waals surface area contributed by atoms with Gasteiger partial charge in [-0.25, -0.2) is 4.39 Å². The molecule has 0 unspecified atom stereocenters. The van der Waals surface area contributed by atoms with Gasteiger partial charge in [-0.05, 0) is 36.6 Å². The van der Waals surface area contributed by atoms with E-state index in [9.17, 15) is 9.18 Å². The van der Waals surface area contributed by atoms with Gasteiger partial charge in [-0.2, -0.15) is 0 Å². The zero-order valence-electron chi connectivity index (χ0n) is 8.66. The third-order valence-corrected chi connectivity index (χ3v) is 2.57. The quantitative estimate of drug-likeness (QED) is 0.834. The number of aromatic nitrogens is 1. The van der Waals surface area contributed by atoms with Crippen molar-refractivity contribution < 1.29 is 14.3 Å². The number of H-pyrrole nitrogens is 1. The third-order valence-electron chi connectivity index (χ3n) is 2.57. The van der Waals surface area contributed by atoms with Gasteiger partial charge in [0.2, 0.25) is 0 Å². The van der Waals surface area contributed by atoms with E-state index < -0.39 is 5.97 Å². The molecule has 0 aliphatic heterocycles. The van der Waals surface area contributed by atoms with Crippen molar-refractivity contribution in [1.82, 2.24) is 4.98 Å². The van der Waals surface area contributed by atoms with E-state index in [0.29, 0.717) is 12.8 Å². The number of aromatic amines is 1. The van der Waals surface area contributed by atoms with Gasteiger partial charge in [-0.1, -0.05) is 0 Å². The minimum atomic E-state index is -0.800. The highest BCUT2D eigenvalue weighted by molar-refractivity contribution is 5.83. The van der Waals surface area contributed by atoms with E-state index in [0.717, 1.165) is 16.5 Å². The monoisotopic (exact) mass is 221 g/mol. The first-order chi connectivity index (χ1) is 7.66. The number of benzene rings is 1. The summed E-state index contributed by atoms with van der Waals surface area (Å²) < 4.78 is 13.0. The first kappa shape index (κ1) is 10.7. The van der Waals surface area contributed by atoms with E-state index in [4.69, 9.17) is 5.11 Å². The molecule has 0 radical (unpaired) electrons. The molecule has 0 saturated carbocycles. The molecule has 0 aliphatic rings. The van der Waals surface area contributed by atoms with Crippen LogP contribution in [0, 0.1) is 5.82 Å². The van der Waals surface area contributed by atoms with Crippen molar-refractivity contribution >= 4 is 16.9 Å². The summed E-state index contributed by atoms with van der Waals surface area (Å²) in [7, 11) is 0. The van der Waals surface area contributed by atoms with E-state index in [1.165, 1.54) is 12.1 Å². The number of nitrogens with one attached hydrogen (secondary N) is 1. The van der Waals surface area contributed by atoms with Crippen molar-refractivity contribution in [2.75, 3.05) is 0 Å². The second-order valence-electron chi connectivity index (χ2n) is 3.75. The Bertz CT molecular complexity index is 519. The SMILES string of the molecule is O=C(O)CCCc1c[nH]c2ccc(F)cc12. The smallest absolute Gasteiger partial charge is 0.303 e. The molecule has 0 aliphatic carbocycles. The average molecular weight is 221 g/mol. The van der Waals surface area contributed by atoms with E-state index in [-0.39, 0.29) is 12.2 Å². The Morgan fingerprint density at radius 1 is 1.44 bits per heavy atom. The summed E-state index contributed by atoms with van der Waals surface area (Å²) in [5.74, 6) is -1.07. The summed E-state index contributed by atoms with van der Waals surface area (Å²) in [5.41, 5.74) is 1.85. The molecule has 0 bridgehead atoms. The Hall–Kier alpha value is -1.84. The van der Waals surface area contributed by atoms with Crippen LogP contribution in [0.2, 0.25) is 0 Å². The van der Waals surface area contributed by atoms with Gasteiger partial charge in [0.25, 0.3) is 0 Å². The minimum Gasteiger partial charge on any atom is -0.481 e. The molecule has 1 aromatic heterocycles. The molecule has 0 amide bonds. The van der Waals surface area contributed by atoms with Crippen LogP contribution in [-0.2, 0) is 11.2 Å². The summed E-state index contributed by atoms with van der Waals surface area (Å²) in [5, 5.41) is 9.37. The standard InChI is InChI=1S/C12H12FNO2/c13-9-4-5-11-10(6-9)8(7-14-11)2-1-3-12(15)16/h4-7,14H,1-3H2,(H,15,16). The molecular weight excluding hydrogens is 209 g/mol. The number of aryl methyl sites for hydroxylation is 1. The van der Waals surface area contributed by atoms with Gasteiger partial charge >= 0.3 is 5.97 Å². The summed E-state index contributed by atoms with van der Waals surface area (Å²) >= 11 is 0. The van der Waals surface area contributed by atoms with Crippen LogP contribution in [0.3, 0.4) is 0 Å². The Balaban J connectivity index is 2.17. The number of fused-ring (bicyclic) bond motifs is 1. The predicted octanol–water partition coefficient (Wildman–Crippen LogP) is 2.71. The Kier molecular flexibility index (Phi) is 2.90. The molecule has 3 nitrogen and oxygen atoms in total. The van der Waals surface area contributed by atoms with Crippen LogP contribution in [-0.4, -0.2) is 16.1 Å². The fourth-order valence-corrected chi connectivity index (χ4v) is 1.79. The second-order valence-corrected chi connectivity index (χ2v) is 3.75. The van der Waals surface area contributed by atoms with E-state index in [1.54, 1.807) is 6.07 Å². The highest BCUT2D eigenvalue weighted by atomic mass is 19.1. The van der Waals surface area contributed by atoms with Gasteiger partial charge in [-0.3, -0.25) is 4.79 Å². The number of hydrogen-bond donors (Lipinski definition) is 2. The maximum atomic E-state index is 13.0. The molecular formula is C12H12FNO2. The van der Waals surface area contributed by atoms with E-state index in [2.05, 4.69) is 4.98 Å². The molecule has 1 heterocycles. The van der Waals surface area contributed by atoms with Crippen LogP contribution in [0.15, 0.2) is 24.4 Å². The lowest BCUT2D eigenvalue weighted by atomic mass is 10.1. The third kappa shape index (κ3) is 2.21. The van der Waals surface area contributed by atoms with Crippen LogP contribution < -0.4 is 0 Å². The largest absolute Gasteiger partial charge is 0.481 e. The van der Waals surface area contributed by atoms with Crippen molar-refractivity contribution in [1.29, 1.82) is 0 Å². The lowest BCUT2D eigenvalue weighted by Gasteiger charge is -1.97. The lowest BCUT2D eigenvalue weighted by molar-refractivity contribution is -0.137. The summed E-state index contributed by atoms with van der Waals surface area (Å²) in [6, 6.07) is 4.56. The lowest BCUT2D eigenvalue weighted by Crippen LogP contribution is -1.95. The number of hydrogen-bond acceptors (Lipinski definition) is 1. The molecule has 0 spiro atoms. The molecule has 2 N–H and O–H groups in total. The van der Waals surface area contributed by atoms with Gasteiger partial charge in [-0.15, -0.1) is 0 Å². The molecule has 0 atom stereocenters. The number of carbonyl (C=O) groups is 1. The fourth-order valence-electron chi connectivity index (χ4n) is 1.79. The van der Waals surface area contributed by atoms with Gasteiger partial charge in [0.15, 0.2) is 0 Å². The van der Waals surface area contributed by atoms with Gasteiger partial charge in [0.1, 0.15) is 5.82 Å². The second kappa shape index (κ2) is 4.35. The molecule has 16 heavy (non-hydrogen) atoms. The average Bonchev–Trinajstić information content (AvgIpc) is 2.60. The highest BCUT2D eigenvalue weighted by Crippen LogP contribution is 2.20. The van der Waals surface area contributed by atoms with Crippen LogP contribution in [0.25, 0.3) is 10.9 Å². The molecule has 2 aromatic rings. The summed E-state index contributed by atoms with van der Waals surface area (Å²) in [4.78, 5) is 13.4. The molecule has 0 fully saturated rings. The summed E-state index contributed by atoms with van der Waals surface area (Å²) in [6.07, 6.45) is 3.17. The molecule has 1 aromatic carbocycles. The number of carboxylic acid groups (broad SMARTS) is 1. The van der Waals surface area contributed by atoms with Gasteiger partial charge in [0.05, 0.1) is 0 Å². The van der Waals surface area contributed by atoms with E-state index in [1.807, 2.05) is 6.20 Å². The fraction of sp³-hybridized carbons (Fsp3) is 0.250. The Labute approximate surface area is 91.9 Å². The number of carboxylic acids is 1. The van der Waals surface area contributed by atoms with Crippen LogP contribution >= 0.6 is 0 Å². The minimum absolute atomic E-state index is 0.141. The van der Waals surface area contributed by atoms with Crippen molar-refractivity contribution in [2.45, 2.75) is 19.3 Å². The molecule has 0 saturated heterocycles. The first-order valence-corrected chi connectivity index (χ1v) is 5.14. The zero-order valence-corrected chi connectivity index (χ0v) is 8.66. The maximum absolute atomic E-state index is 13.0. The maximum Gasteiger partial charge on any atom is 0.303 e.